The highest BCUT2D eigenvalue weighted by atomic mass is 32.2. The van der Waals surface area contributed by atoms with Crippen LogP contribution in [0.5, 0.6) is 0 Å². The van der Waals surface area contributed by atoms with Gasteiger partial charge in [0.1, 0.15) is 10.3 Å². The van der Waals surface area contributed by atoms with Crippen LogP contribution in [-0.4, -0.2) is 45.0 Å². The normalized spacial score (nSPS) is 20.9. The number of nitriles is 1. The third-order valence-corrected chi connectivity index (χ3v) is 5.88. The van der Waals surface area contributed by atoms with E-state index in [0.29, 0.717) is 25.9 Å². The third kappa shape index (κ3) is 5.54. The van der Waals surface area contributed by atoms with Crippen molar-refractivity contribution < 1.29 is 14.1 Å². The molecule has 24 heavy (non-hydrogen) atoms. The fourth-order valence-corrected chi connectivity index (χ4v) is 3.41. The molecule has 1 heterocycles. The zero-order valence-corrected chi connectivity index (χ0v) is 16.7. The Bertz CT molecular complexity index is 483. The van der Waals surface area contributed by atoms with Crippen molar-refractivity contribution in [3.63, 3.8) is 0 Å². The van der Waals surface area contributed by atoms with Crippen LogP contribution in [0.3, 0.4) is 0 Å². The maximum Gasteiger partial charge on any atom is 0.410 e. The van der Waals surface area contributed by atoms with Crippen LogP contribution >= 0.6 is 0 Å². The first kappa shape index (κ1) is 21.1. The van der Waals surface area contributed by atoms with E-state index in [1.165, 1.54) is 0 Å². The van der Waals surface area contributed by atoms with Crippen molar-refractivity contribution in [2.24, 2.45) is 5.41 Å². The number of carbonyl (C=O) groups excluding carboxylic acids is 1. The lowest BCUT2D eigenvalue weighted by atomic mass is 9.74. The van der Waals surface area contributed by atoms with E-state index in [1.54, 1.807) is 4.90 Å². The predicted octanol–water partition coefficient (Wildman–Crippen LogP) is 2.97. The van der Waals surface area contributed by atoms with Gasteiger partial charge in [0.15, 0.2) is 0 Å². The molecule has 2 atom stereocenters. The van der Waals surface area contributed by atoms with Crippen molar-refractivity contribution in [1.29, 1.82) is 5.26 Å². The molecule has 0 saturated carbocycles. The van der Waals surface area contributed by atoms with Crippen LogP contribution in [-0.2, 0) is 16.1 Å². The largest absolute Gasteiger partial charge is 0.598 e. The van der Waals surface area contributed by atoms with Gasteiger partial charge in [0.2, 0.25) is 0 Å². The van der Waals surface area contributed by atoms with Gasteiger partial charge in [-0.1, -0.05) is 0 Å². The fraction of sp³-hybridized carbons (Fsp3) is 0.882. The Labute approximate surface area is 149 Å². The van der Waals surface area contributed by atoms with Crippen LogP contribution in [0, 0.1) is 16.7 Å². The Balaban J connectivity index is 2.70. The van der Waals surface area contributed by atoms with Crippen LogP contribution in [0.25, 0.3) is 0 Å². The molecule has 138 valence electrons. The minimum absolute atomic E-state index is 0.219. The number of nitrogens with zero attached hydrogens (tertiary/aromatic N) is 2. The lowest BCUT2D eigenvalue weighted by molar-refractivity contribution is 0.0129. The quantitative estimate of drug-likeness (QED) is 0.785. The number of amides is 1. The average Bonchev–Trinajstić information content (AvgIpc) is 2.44. The summed E-state index contributed by atoms with van der Waals surface area (Å²) in [5, 5.41) is 9.72. The van der Waals surface area contributed by atoms with Crippen LogP contribution < -0.4 is 4.72 Å². The summed E-state index contributed by atoms with van der Waals surface area (Å²) >= 11 is -1.23. The summed E-state index contributed by atoms with van der Waals surface area (Å²) in [5.74, 6) is 0. The molecule has 6 nitrogen and oxygen atoms in total. The summed E-state index contributed by atoms with van der Waals surface area (Å²) in [5.41, 5.74) is -1.15. The van der Waals surface area contributed by atoms with E-state index in [2.05, 4.69) is 10.8 Å². The lowest BCUT2D eigenvalue weighted by Gasteiger charge is -2.41. The molecular formula is C17H31N3O3S. The van der Waals surface area contributed by atoms with Gasteiger partial charge in [-0.2, -0.15) is 5.26 Å². The highest BCUT2D eigenvalue weighted by Gasteiger charge is 2.44. The van der Waals surface area contributed by atoms with E-state index >= 15 is 0 Å². The lowest BCUT2D eigenvalue weighted by Crippen LogP contribution is -2.54. The topological polar surface area (TPSA) is 88.4 Å². The van der Waals surface area contributed by atoms with Gasteiger partial charge in [0, 0.05) is 24.5 Å². The molecule has 1 fully saturated rings. The van der Waals surface area contributed by atoms with E-state index in [-0.39, 0.29) is 16.9 Å². The average molecular weight is 358 g/mol. The molecule has 0 aliphatic carbocycles. The second-order valence-corrected chi connectivity index (χ2v) is 10.5. The third-order valence-electron chi connectivity index (χ3n) is 4.20. The minimum Gasteiger partial charge on any atom is -0.598 e. The molecule has 0 spiro atoms. The minimum atomic E-state index is -1.23. The summed E-state index contributed by atoms with van der Waals surface area (Å²) in [4.78, 5) is 13.8. The van der Waals surface area contributed by atoms with Crippen molar-refractivity contribution in [2.75, 3.05) is 13.1 Å². The van der Waals surface area contributed by atoms with Gasteiger partial charge in [0.05, 0.1) is 17.5 Å². The van der Waals surface area contributed by atoms with E-state index in [0.717, 1.165) is 0 Å². The van der Waals surface area contributed by atoms with Gasteiger partial charge in [0.25, 0.3) is 0 Å². The standard InChI is InChI=1S/C17H31N3O3S/c1-13(19-24(22)16(5,6)7)17(12-18)8-10-20(11-9-17)14(21)23-15(2,3)4/h13,19H,8-11H2,1-7H3/t13-,24?/m1/s1. The second kappa shape index (κ2) is 7.51. The molecule has 0 aromatic heterocycles. The maximum absolute atomic E-state index is 12.3. The number of hydrogen-bond donors (Lipinski definition) is 1. The number of likely N-dealkylation sites (tertiary alicyclic amines) is 1. The molecule has 1 saturated heterocycles. The first-order valence-electron chi connectivity index (χ1n) is 8.38. The Hall–Kier alpha value is -0.970. The summed E-state index contributed by atoms with van der Waals surface area (Å²) in [6.45, 7) is 14.0. The van der Waals surface area contributed by atoms with Gasteiger partial charge >= 0.3 is 6.09 Å². The number of ether oxygens (including phenoxy) is 1. The molecule has 7 heteroatoms. The van der Waals surface area contributed by atoms with Gasteiger partial charge in [-0.3, -0.25) is 0 Å². The Morgan fingerprint density at radius 1 is 1.29 bits per heavy atom. The van der Waals surface area contributed by atoms with Gasteiger partial charge in [-0.25, -0.2) is 4.79 Å². The summed E-state index contributed by atoms with van der Waals surface area (Å²) in [7, 11) is 0. The molecular weight excluding hydrogens is 326 g/mol. The zero-order chi connectivity index (χ0) is 18.8. The van der Waals surface area contributed by atoms with Crippen LogP contribution in [0.4, 0.5) is 4.79 Å². The predicted molar refractivity (Wildman–Crippen MR) is 95.6 cm³/mol. The zero-order valence-electron chi connectivity index (χ0n) is 15.9. The number of nitrogens with one attached hydrogen (secondary N) is 1. The van der Waals surface area contributed by atoms with Crippen LogP contribution in [0.1, 0.15) is 61.3 Å². The monoisotopic (exact) mass is 357 g/mol. The second-order valence-electron chi connectivity index (χ2n) is 8.46. The van der Waals surface area contributed by atoms with Crippen molar-refractivity contribution in [3.05, 3.63) is 0 Å². The first-order chi connectivity index (χ1) is 10.8. The highest BCUT2D eigenvalue weighted by Crippen LogP contribution is 2.35. The van der Waals surface area contributed by atoms with Crippen molar-refractivity contribution >= 4 is 17.5 Å². The molecule has 1 amide bonds. The molecule has 0 bridgehead atoms. The Kier molecular flexibility index (Phi) is 6.59. The highest BCUT2D eigenvalue weighted by molar-refractivity contribution is 7.90. The van der Waals surface area contributed by atoms with Crippen molar-refractivity contribution in [1.82, 2.24) is 9.62 Å². The molecule has 1 unspecified atom stereocenters. The number of carbonyl (C=O) groups is 1. The molecule has 0 aromatic rings. The summed E-state index contributed by atoms with van der Waals surface area (Å²) in [6.07, 6.45) is 0.740. The van der Waals surface area contributed by atoms with Crippen LogP contribution in [0.2, 0.25) is 0 Å². The van der Waals surface area contributed by atoms with E-state index in [4.69, 9.17) is 4.74 Å². The SMILES string of the molecule is C[C@@H](N[S+]([O-])C(C)(C)C)C1(C#N)CCN(C(=O)OC(C)(C)C)CC1. The van der Waals surface area contributed by atoms with E-state index < -0.39 is 22.4 Å². The first-order valence-corrected chi connectivity index (χ1v) is 9.53. The van der Waals surface area contributed by atoms with Gasteiger partial charge < -0.3 is 14.2 Å². The van der Waals surface area contributed by atoms with Crippen molar-refractivity contribution in [3.8, 4) is 6.07 Å². The molecule has 1 rings (SSSR count). The summed E-state index contributed by atoms with van der Waals surface area (Å²) in [6, 6.07) is 2.19. The molecule has 1 aliphatic heterocycles. The van der Waals surface area contributed by atoms with Gasteiger partial charge in [-0.15, -0.1) is 4.72 Å². The smallest absolute Gasteiger partial charge is 0.410 e. The van der Waals surface area contributed by atoms with Crippen molar-refractivity contribution in [2.45, 2.75) is 77.7 Å². The Morgan fingerprint density at radius 3 is 2.17 bits per heavy atom. The van der Waals surface area contributed by atoms with Gasteiger partial charge in [-0.05, 0) is 61.3 Å². The molecule has 0 aromatic carbocycles. The molecule has 0 radical (unpaired) electrons. The van der Waals surface area contributed by atoms with E-state index in [9.17, 15) is 14.6 Å². The number of hydrogen-bond acceptors (Lipinski definition) is 5. The van der Waals surface area contributed by atoms with Crippen LogP contribution in [0.15, 0.2) is 0 Å². The fourth-order valence-electron chi connectivity index (χ4n) is 2.51. The maximum atomic E-state index is 12.3. The summed E-state index contributed by atoms with van der Waals surface area (Å²) < 4.78 is 20.4. The molecule has 1 aliphatic rings. The Morgan fingerprint density at radius 2 is 1.79 bits per heavy atom. The number of piperidine rings is 1. The molecule has 1 N–H and O–H groups in total. The van der Waals surface area contributed by atoms with E-state index in [1.807, 2.05) is 48.5 Å². The number of rotatable bonds is 3.